The number of hydrogen-bond acceptors (Lipinski definition) is 4. The number of carbonyl (C=O) groups is 1. The van der Waals surface area contributed by atoms with Gasteiger partial charge in [0, 0.05) is 30.6 Å². The van der Waals surface area contributed by atoms with E-state index in [1.165, 1.54) is 0 Å². The Balaban J connectivity index is 1.49. The second-order valence-electron chi connectivity index (χ2n) is 8.75. The molecule has 1 heterocycles. The molecule has 2 aromatic carbocycles. The van der Waals surface area contributed by atoms with Crippen molar-refractivity contribution in [3.05, 3.63) is 59.7 Å². The van der Waals surface area contributed by atoms with Crippen molar-refractivity contribution in [2.45, 2.75) is 49.7 Å². The number of nitrogens with one attached hydrogen (secondary N) is 2. The van der Waals surface area contributed by atoms with Crippen LogP contribution < -0.4 is 20.1 Å². The van der Waals surface area contributed by atoms with Gasteiger partial charge in [0.2, 0.25) is 0 Å². The number of hydrogen-bond donors (Lipinski definition) is 3. The quantitative estimate of drug-likeness (QED) is 0.553. The van der Waals surface area contributed by atoms with Crippen molar-refractivity contribution in [2.75, 3.05) is 20.8 Å². The minimum Gasteiger partial charge on any atom is -0.493 e. The van der Waals surface area contributed by atoms with Crippen molar-refractivity contribution < 1.29 is 19.4 Å². The van der Waals surface area contributed by atoms with Crippen LogP contribution in [0, 0.1) is 0 Å². The lowest BCUT2D eigenvalue weighted by atomic mass is 9.65. The van der Waals surface area contributed by atoms with E-state index in [9.17, 15) is 9.90 Å². The van der Waals surface area contributed by atoms with Crippen molar-refractivity contribution in [3.8, 4) is 11.5 Å². The molecule has 2 fully saturated rings. The third-order valence-electron chi connectivity index (χ3n) is 7.09. The minimum absolute atomic E-state index is 0.110. The zero-order valence-corrected chi connectivity index (χ0v) is 19.9. The number of likely N-dealkylation sites (tertiary alicyclic amines) is 1. The van der Waals surface area contributed by atoms with Gasteiger partial charge in [-0.2, -0.15) is 0 Å². The molecule has 1 aliphatic carbocycles. The van der Waals surface area contributed by atoms with Gasteiger partial charge in [0.15, 0.2) is 16.6 Å². The first-order valence-electron chi connectivity index (χ1n) is 11.3. The molecule has 2 aliphatic rings. The topological polar surface area (TPSA) is 83.1 Å². The van der Waals surface area contributed by atoms with E-state index >= 15 is 0 Å². The second kappa shape index (κ2) is 9.87. The summed E-state index contributed by atoms with van der Waals surface area (Å²) in [6, 6.07) is 16.1. The Bertz CT molecular complexity index is 1000. The molecule has 3 atom stereocenters. The summed E-state index contributed by atoms with van der Waals surface area (Å²) in [5.74, 6) is 1.34. The molecule has 4 rings (SSSR count). The lowest BCUT2D eigenvalue weighted by Crippen LogP contribution is -2.54. The molecule has 0 aromatic heterocycles. The number of rotatable bonds is 6. The third kappa shape index (κ3) is 4.71. The summed E-state index contributed by atoms with van der Waals surface area (Å²) >= 11 is 5.53. The van der Waals surface area contributed by atoms with Crippen LogP contribution in [0.25, 0.3) is 0 Å². The van der Waals surface area contributed by atoms with E-state index < -0.39 is 6.09 Å². The highest BCUT2D eigenvalue weighted by Crippen LogP contribution is 2.50. The summed E-state index contributed by atoms with van der Waals surface area (Å²) in [5, 5.41) is 17.2. The molecule has 1 saturated heterocycles. The van der Waals surface area contributed by atoms with E-state index in [1.807, 2.05) is 30.3 Å². The molecule has 0 spiro atoms. The SMILES string of the molecule is COc1ccc([C@@]23CC[C@@H](NC(=S)NCc4ccccc4)C[C@@H]2N(C(=O)O)CC3)cc1OC. The lowest BCUT2D eigenvalue weighted by Gasteiger charge is -2.45. The van der Waals surface area contributed by atoms with Crippen LogP contribution in [0.1, 0.15) is 36.8 Å². The van der Waals surface area contributed by atoms with Crippen LogP contribution in [0.5, 0.6) is 11.5 Å². The van der Waals surface area contributed by atoms with E-state index in [2.05, 4.69) is 28.8 Å². The fourth-order valence-electron chi connectivity index (χ4n) is 5.41. The summed E-state index contributed by atoms with van der Waals surface area (Å²) in [6.07, 6.45) is 2.41. The number of fused-ring (bicyclic) bond motifs is 1. The van der Waals surface area contributed by atoms with Crippen LogP contribution in [0.15, 0.2) is 48.5 Å². The predicted molar refractivity (Wildman–Crippen MR) is 131 cm³/mol. The first kappa shape index (κ1) is 23.2. The normalized spacial score (nSPS) is 24.0. The fraction of sp³-hybridized carbons (Fsp3) is 0.440. The molecule has 8 heteroatoms. The van der Waals surface area contributed by atoms with Gasteiger partial charge >= 0.3 is 6.09 Å². The maximum Gasteiger partial charge on any atom is 0.407 e. The molecule has 7 nitrogen and oxygen atoms in total. The van der Waals surface area contributed by atoms with Crippen molar-refractivity contribution in [1.29, 1.82) is 0 Å². The second-order valence-corrected chi connectivity index (χ2v) is 9.16. The molecule has 176 valence electrons. The Hall–Kier alpha value is -3.00. The Kier molecular flexibility index (Phi) is 6.93. The first-order valence-corrected chi connectivity index (χ1v) is 11.7. The van der Waals surface area contributed by atoms with E-state index in [4.69, 9.17) is 21.7 Å². The zero-order valence-electron chi connectivity index (χ0n) is 19.0. The van der Waals surface area contributed by atoms with Gasteiger partial charge in [-0.05, 0) is 61.2 Å². The predicted octanol–water partition coefficient (Wildman–Crippen LogP) is 3.91. The molecule has 3 N–H and O–H groups in total. The minimum atomic E-state index is -0.868. The molecule has 1 saturated carbocycles. The number of carboxylic acid groups (broad SMARTS) is 1. The highest BCUT2D eigenvalue weighted by molar-refractivity contribution is 7.80. The average molecular weight is 470 g/mol. The Morgan fingerprint density at radius 2 is 1.91 bits per heavy atom. The fourth-order valence-corrected chi connectivity index (χ4v) is 5.64. The van der Waals surface area contributed by atoms with Gasteiger partial charge in [0.05, 0.1) is 14.2 Å². The number of amides is 1. The van der Waals surface area contributed by atoms with Crippen LogP contribution in [-0.2, 0) is 12.0 Å². The molecular weight excluding hydrogens is 438 g/mol. The molecule has 1 amide bonds. The molecule has 0 radical (unpaired) electrons. The molecule has 1 aliphatic heterocycles. The highest BCUT2D eigenvalue weighted by Gasteiger charge is 2.53. The van der Waals surface area contributed by atoms with Crippen LogP contribution >= 0.6 is 12.2 Å². The van der Waals surface area contributed by atoms with Gasteiger partial charge in [-0.15, -0.1) is 0 Å². The molecule has 0 unspecified atom stereocenters. The summed E-state index contributed by atoms with van der Waals surface area (Å²) in [5.41, 5.74) is 2.03. The molecule has 0 bridgehead atoms. The van der Waals surface area contributed by atoms with E-state index in [1.54, 1.807) is 19.1 Å². The average Bonchev–Trinajstić information content (AvgIpc) is 3.23. The smallest absolute Gasteiger partial charge is 0.407 e. The Morgan fingerprint density at radius 3 is 2.61 bits per heavy atom. The molecule has 2 aromatic rings. The summed E-state index contributed by atoms with van der Waals surface area (Å²) in [4.78, 5) is 13.7. The van der Waals surface area contributed by atoms with Crippen molar-refractivity contribution in [2.24, 2.45) is 0 Å². The zero-order chi connectivity index (χ0) is 23.4. The van der Waals surface area contributed by atoms with Crippen molar-refractivity contribution in [1.82, 2.24) is 15.5 Å². The molecule has 33 heavy (non-hydrogen) atoms. The van der Waals surface area contributed by atoms with Crippen LogP contribution in [0.3, 0.4) is 0 Å². The number of benzene rings is 2. The van der Waals surface area contributed by atoms with Crippen LogP contribution in [-0.4, -0.2) is 54.1 Å². The standard InChI is InChI=1S/C25H31N3O4S/c1-31-20-9-8-18(14-21(20)32-2)25-11-10-19(15-22(25)28(13-12-25)24(29)30)27-23(33)26-16-17-6-4-3-5-7-17/h3-9,14,19,22H,10-13,15-16H2,1-2H3,(H,29,30)(H2,26,27,33)/t19-,22+,25+/m1/s1. The highest BCUT2D eigenvalue weighted by atomic mass is 32.1. The lowest BCUT2D eigenvalue weighted by molar-refractivity contribution is 0.109. The molecular formula is C25H31N3O4S. The van der Waals surface area contributed by atoms with Gasteiger partial charge in [-0.25, -0.2) is 4.79 Å². The summed E-state index contributed by atoms with van der Waals surface area (Å²) in [6.45, 7) is 1.18. The summed E-state index contributed by atoms with van der Waals surface area (Å²) < 4.78 is 10.9. The largest absolute Gasteiger partial charge is 0.493 e. The Morgan fingerprint density at radius 1 is 1.15 bits per heavy atom. The van der Waals surface area contributed by atoms with Gasteiger partial charge in [-0.3, -0.25) is 0 Å². The number of nitrogens with zero attached hydrogens (tertiary/aromatic N) is 1. The van der Waals surface area contributed by atoms with Crippen molar-refractivity contribution in [3.63, 3.8) is 0 Å². The maximum atomic E-state index is 12.1. The number of thiocarbonyl (C=S) groups is 1. The van der Waals surface area contributed by atoms with Gasteiger partial charge in [0.25, 0.3) is 0 Å². The number of methoxy groups -OCH3 is 2. The van der Waals surface area contributed by atoms with Gasteiger partial charge in [-0.1, -0.05) is 36.4 Å². The third-order valence-corrected chi connectivity index (χ3v) is 7.36. The van der Waals surface area contributed by atoms with Crippen molar-refractivity contribution >= 4 is 23.4 Å². The summed E-state index contributed by atoms with van der Waals surface area (Å²) in [7, 11) is 3.24. The van der Waals surface area contributed by atoms with Crippen LogP contribution in [0.4, 0.5) is 4.79 Å². The Labute approximate surface area is 200 Å². The van der Waals surface area contributed by atoms with Crippen LogP contribution in [0.2, 0.25) is 0 Å². The van der Waals surface area contributed by atoms with Gasteiger partial charge < -0.3 is 30.1 Å². The first-order chi connectivity index (χ1) is 16.0. The maximum absolute atomic E-state index is 12.1. The monoisotopic (exact) mass is 469 g/mol. The van der Waals surface area contributed by atoms with E-state index in [0.29, 0.717) is 36.1 Å². The van der Waals surface area contributed by atoms with Gasteiger partial charge in [0.1, 0.15) is 0 Å². The number of ether oxygens (including phenoxy) is 2. The van der Waals surface area contributed by atoms with E-state index in [0.717, 1.165) is 30.4 Å². The van der Waals surface area contributed by atoms with E-state index in [-0.39, 0.29) is 17.5 Å².